The van der Waals surface area contributed by atoms with Crippen LogP contribution in [0.25, 0.3) is 5.65 Å². The summed E-state index contributed by atoms with van der Waals surface area (Å²) in [6, 6.07) is 4.16. The predicted octanol–water partition coefficient (Wildman–Crippen LogP) is 5.04. The van der Waals surface area contributed by atoms with Crippen molar-refractivity contribution in [1.82, 2.24) is 24.5 Å². The first-order chi connectivity index (χ1) is 16.0. The highest BCUT2D eigenvalue weighted by Gasteiger charge is 2.34. The topological polar surface area (TPSA) is 76.2 Å². The lowest BCUT2D eigenvalue weighted by Crippen LogP contribution is -2.40. The summed E-state index contributed by atoms with van der Waals surface area (Å²) in [5, 5.41) is 8.85. The van der Waals surface area contributed by atoms with Crippen molar-refractivity contribution in [2.45, 2.75) is 56.9 Å². The van der Waals surface area contributed by atoms with Crippen LogP contribution in [-0.4, -0.2) is 37.2 Å². The van der Waals surface area contributed by atoms with Crippen molar-refractivity contribution < 1.29 is 35.5 Å². The summed E-state index contributed by atoms with van der Waals surface area (Å²) in [7, 11) is 0. The fourth-order valence-electron chi connectivity index (χ4n) is 3.96. The normalized spacial score (nSPS) is 19.2. The molecule has 2 N–H and O–H groups in total. The second kappa shape index (κ2) is 9.14. The number of nitrogens with zero attached hydrogens (tertiary/aromatic N) is 4. The number of hydrogen-bond donors (Lipinski definition) is 2. The Kier molecular flexibility index (Phi) is 6.41. The molecule has 0 aromatic carbocycles. The number of fused-ring (bicyclic) bond motifs is 1. The quantitative estimate of drug-likeness (QED) is 0.473. The Bertz CT molecular complexity index is 1160. The van der Waals surface area contributed by atoms with Gasteiger partial charge in [0, 0.05) is 24.5 Å². The summed E-state index contributed by atoms with van der Waals surface area (Å²) in [5.41, 5.74) is -2.49. The average molecular weight is 492 g/mol. The molecule has 14 heteroatoms. The minimum atomic E-state index is -4.57. The molecule has 1 fully saturated rings. The molecule has 0 atom stereocenters. The number of pyridine rings is 1. The van der Waals surface area contributed by atoms with Gasteiger partial charge in [0.2, 0.25) is 0 Å². The standard InChI is InChI=1S/C20H19F7N6O/c21-17(22)16-12(8-33(31-16)19(23)24)18(34)29-11-6-4-10(5-7-11)28-14-2-1-3-15-30-13(9-32(14)15)20(25,26)27/h1-3,8-11,17,19,28H,4-7H2,(H,29,34). The fraction of sp³-hybridized carbons (Fsp3) is 0.450. The van der Waals surface area contributed by atoms with E-state index >= 15 is 0 Å². The van der Waals surface area contributed by atoms with E-state index in [4.69, 9.17) is 0 Å². The molecule has 3 aromatic rings. The molecule has 0 unspecified atom stereocenters. The summed E-state index contributed by atoms with van der Waals surface area (Å²) >= 11 is 0. The third-order valence-corrected chi connectivity index (χ3v) is 5.61. The lowest BCUT2D eigenvalue weighted by molar-refractivity contribution is -0.140. The van der Waals surface area contributed by atoms with E-state index in [-0.39, 0.29) is 22.4 Å². The number of rotatable bonds is 6. The molecular weight excluding hydrogens is 473 g/mol. The van der Waals surface area contributed by atoms with Gasteiger partial charge in [-0.1, -0.05) is 6.07 Å². The van der Waals surface area contributed by atoms with Crippen molar-refractivity contribution in [1.29, 1.82) is 0 Å². The molecule has 0 spiro atoms. The third kappa shape index (κ3) is 4.94. The number of imidazole rings is 1. The minimum absolute atomic E-state index is 0.0120. The SMILES string of the molecule is O=C(NC1CCC(Nc2cccc3nc(C(F)(F)F)cn23)CC1)c1cn(C(F)F)nc1C(F)F. The number of carbonyl (C=O) groups is 1. The van der Waals surface area contributed by atoms with Gasteiger partial charge in [-0.3, -0.25) is 9.20 Å². The molecule has 0 aliphatic heterocycles. The summed E-state index contributed by atoms with van der Waals surface area (Å²) < 4.78 is 92.0. The summed E-state index contributed by atoms with van der Waals surface area (Å²) in [5.74, 6) is -0.490. The largest absolute Gasteiger partial charge is 0.434 e. The Hall–Kier alpha value is -3.32. The van der Waals surface area contributed by atoms with Crippen molar-refractivity contribution >= 4 is 17.4 Å². The highest BCUT2D eigenvalue weighted by molar-refractivity contribution is 5.95. The number of halogens is 7. The van der Waals surface area contributed by atoms with Crippen LogP contribution in [0.2, 0.25) is 0 Å². The molecule has 0 radical (unpaired) electrons. The van der Waals surface area contributed by atoms with Gasteiger partial charge >= 0.3 is 12.7 Å². The molecule has 4 rings (SSSR count). The Balaban J connectivity index is 1.38. The molecule has 0 saturated heterocycles. The van der Waals surface area contributed by atoms with Crippen LogP contribution in [-0.2, 0) is 6.18 Å². The number of anilines is 1. The van der Waals surface area contributed by atoms with Gasteiger partial charge in [-0.15, -0.1) is 0 Å². The van der Waals surface area contributed by atoms with Crippen LogP contribution in [0, 0.1) is 0 Å². The summed E-state index contributed by atoms with van der Waals surface area (Å²) in [4.78, 5) is 16.0. The van der Waals surface area contributed by atoms with Crippen LogP contribution in [0.3, 0.4) is 0 Å². The second-order valence-electron chi connectivity index (χ2n) is 7.92. The average Bonchev–Trinajstić information content (AvgIpc) is 3.41. The number of carbonyl (C=O) groups excluding carboxylic acids is 1. The molecule has 1 aliphatic rings. The van der Waals surface area contributed by atoms with E-state index in [0.717, 1.165) is 6.20 Å². The van der Waals surface area contributed by atoms with Crippen molar-refractivity contribution in [2.24, 2.45) is 0 Å². The van der Waals surface area contributed by atoms with Crippen molar-refractivity contribution in [2.75, 3.05) is 5.32 Å². The zero-order valence-electron chi connectivity index (χ0n) is 17.4. The lowest BCUT2D eigenvalue weighted by atomic mass is 9.91. The van der Waals surface area contributed by atoms with Crippen molar-refractivity contribution in [3.05, 3.63) is 47.5 Å². The van der Waals surface area contributed by atoms with Gasteiger partial charge in [-0.05, 0) is 37.8 Å². The molecular formula is C20H19F7N6O. The molecule has 184 valence electrons. The van der Waals surface area contributed by atoms with Crippen LogP contribution >= 0.6 is 0 Å². The molecule has 3 aromatic heterocycles. The number of hydrogen-bond acceptors (Lipinski definition) is 4. The maximum Gasteiger partial charge on any atom is 0.434 e. The Labute approximate surface area is 187 Å². The highest BCUT2D eigenvalue weighted by Crippen LogP contribution is 2.30. The molecule has 1 saturated carbocycles. The Morgan fingerprint density at radius 2 is 1.71 bits per heavy atom. The Morgan fingerprint density at radius 3 is 2.32 bits per heavy atom. The number of amides is 1. The first-order valence-electron chi connectivity index (χ1n) is 10.3. The van der Waals surface area contributed by atoms with Crippen molar-refractivity contribution in [3.8, 4) is 0 Å². The molecule has 0 bridgehead atoms. The lowest BCUT2D eigenvalue weighted by Gasteiger charge is -2.30. The summed E-state index contributed by atoms with van der Waals surface area (Å²) in [6.45, 7) is -3.16. The molecule has 1 amide bonds. The van der Waals surface area contributed by atoms with Gasteiger partial charge in [-0.2, -0.15) is 27.1 Å². The van der Waals surface area contributed by atoms with E-state index < -0.39 is 42.0 Å². The van der Waals surface area contributed by atoms with Gasteiger partial charge in [0.05, 0.1) is 5.56 Å². The molecule has 1 aliphatic carbocycles. The Morgan fingerprint density at radius 1 is 1.03 bits per heavy atom. The van der Waals surface area contributed by atoms with E-state index in [0.29, 0.717) is 37.7 Å². The maximum atomic E-state index is 13.1. The molecule has 34 heavy (non-hydrogen) atoms. The maximum absolute atomic E-state index is 13.1. The molecule has 7 nitrogen and oxygen atoms in total. The fourth-order valence-corrected chi connectivity index (χ4v) is 3.96. The van der Waals surface area contributed by atoms with E-state index in [1.54, 1.807) is 12.1 Å². The van der Waals surface area contributed by atoms with Crippen LogP contribution in [0.1, 0.15) is 60.4 Å². The van der Waals surface area contributed by atoms with Crippen molar-refractivity contribution in [3.63, 3.8) is 0 Å². The highest BCUT2D eigenvalue weighted by atomic mass is 19.4. The first kappa shape index (κ1) is 23.8. The van der Waals surface area contributed by atoms with Gasteiger partial charge in [0.25, 0.3) is 12.3 Å². The van der Waals surface area contributed by atoms with Gasteiger partial charge in [0.1, 0.15) is 17.2 Å². The van der Waals surface area contributed by atoms with Crippen LogP contribution in [0.4, 0.5) is 36.6 Å². The van der Waals surface area contributed by atoms with Gasteiger partial charge < -0.3 is 10.6 Å². The van der Waals surface area contributed by atoms with Gasteiger partial charge in [-0.25, -0.2) is 18.4 Å². The zero-order valence-corrected chi connectivity index (χ0v) is 17.4. The minimum Gasteiger partial charge on any atom is -0.368 e. The molecule has 3 heterocycles. The van der Waals surface area contributed by atoms with Gasteiger partial charge in [0.15, 0.2) is 5.69 Å². The monoisotopic (exact) mass is 492 g/mol. The number of nitrogens with one attached hydrogen (secondary N) is 2. The predicted molar refractivity (Wildman–Crippen MR) is 106 cm³/mol. The van der Waals surface area contributed by atoms with Crippen LogP contribution < -0.4 is 10.6 Å². The van der Waals surface area contributed by atoms with Crippen LogP contribution in [0.5, 0.6) is 0 Å². The number of aromatic nitrogens is 4. The zero-order chi connectivity index (χ0) is 24.6. The van der Waals surface area contributed by atoms with Crippen LogP contribution in [0.15, 0.2) is 30.6 Å². The van der Waals surface area contributed by atoms with E-state index in [2.05, 4.69) is 20.7 Å². The third-order valence-electron chi connectivity index (χ3n) is 5.61. The van der Waals surface area contributed by atoms with E-state index in [1.165, 1.54) is 10.5 Å². The first-order valence-corrected chi connectivity index (χ1v) is 10.3. The van der Waals surface area contributed by atoms with E-state index in [9.17, 15) is 35.5 Å². The number of alkyl halides is 7. The smallest absolute Gasteiger partial charge is 0.368 e. The summed E-state index contributed by atoms with van der Waals surface area (Å²) in [6.07, 6.45) is -4.31. The van der Waals surface area contributed by atoms with E-state index in [1.807, 2.05) is 0 Å². The second-order valence-corrected chi connectivity index (χ2v) is 7.92.